The van der Waals surface area contributed by atoms with Gasteiger partial charge in [-0.05, 0) is 0 Å². The van der Waals surface area contributed by atoms with E-state index in [-0.39, 0.29) is 28.8 Å². The standard InChI is InChI=1S/C13H16N6O6/c14-10-7-5(12(24)18-17-4-21)1-19(11(7)16-3-15-10)13-9(23)8(22)6(2-20)25-13/h1,3-4,6,8-9,13,20,22-23H,2H2,(H,17,21)(H,18,24)(H2,14,15,16)/t6-,8-,9-,13-/m1/s1. The third kappa shape index (κ3) is 2.76. The molecular weight excluding hydrogens is 336 g/mol. The first-order valence-electron chi connectivity index (χ1n) is 7.22. The Bertz CT molecular complexity index is 810. The van der Waals surface area contributed by atoms with Crippen LogP contribution < -0.4 is 16.6 Å². The molecule has 2 aromatic rings. The first-order chi connectivity index (χ1) is 12.0. The third-order valence-corrected chi connectivity index (χ3v) is 3.92. The molecule has 25 heavy (non-hydrogen) atoms. The lowest BCUT2D eigenvalue weighted by Crippen LogP contribution is -2.36. The van der Waals surface area contributed by atoms with E-state index in [9.17, 15) is 24.9 Å². The Morgan fingerprint density at radius 1 is 1.40 bits per heavy atom. The van der Waals surface area contributed by atoms with Gasteiger partial charge in [-0.3, -0.25) is 20.4 Å². The Hall–Kier alpha value is -2.80. The predicted molar refractivity (Wildman–Crippen MR) is 81.6 cm³/mol. The maximum atomic E-state index is 12.2. The van der Waals surface area contributed by atoms with Crippen LogP contribution in [0.15, 0.2) is 12.5 Å². The van der Waals surface area contributed by atoms with Gasteiger partial charge in [0.2, 0.25) is 6.41 Å². The van der Waals surface area contributed by atoms with E-state index in [0.29, 0.717) is 0 Å². The molecule has 4 atom stereocenters. The molecule has 1 aliphatic rings. The van der Waals surface area contributed by atoms with Gasteiger partial charge < -0.3 is 30.4 Å². The molecule has 0 saturated carbocycles. The van der Waals surface area contributed by atoms with Crippen molar-refractivity contribution < 1.29 is 29.6 Å². The number of nitrogens with one attached hydrogen (secondary N) is 2. The normalized spacial score (nSPS) is 25.9. The molecule has 0 aliphatic carbocycles. The lowest BCUT2D eigenvalue weighted by atomic mass is 10.1. The van der Waals surface area contributed by atoms with Crippen molar-refractivity contribution in [1.82, 2.24) is 25.4 Å². The van der Waals surface area contributed by atoms with Gasteiger partial charge in [-0.25, -0.2) is 9.97 Å². The Morgan fingerprint density at radius 2 is 2.16 bits per heavy atom. The van der Waals surface area contributed by atoms with Gasteiger partial charge in [0.05, 0.1) is 17.6 Å². The van der Waals surface area contributed by atoms with Crippen LogP contribution in [-0.2, 0) is 9.53 Å². The molecule has 3 rings (SSSR count). The molecular formula is C13H16N6O6. The van der Waals surface area contributed by atoms with E-state index in [1.807, 2.05) is 5.43 Å². The molecule has 1 fully saturated rings. The highest BCUT2D eigenvalue weighted by Gasteiger charge is 2.44. The molecule has 12 nitrogen and oxygen atoms in total. The molecule has 7 N–H and O–H groups in total. The highest BCUT2D eigenvalue weighted by molar-refractivity contribution is 6.09. The monoisotopic (exact) mass is 352 g/mol. The maximum absolute atomic E-state index is 12.2. The summed E-state index contributed by atoms with van der Waals surface area (Å²) >= 11 is 0. The number of carbonyl (C=O) groups excluding carboxylic acids is 2. The summed E-state index contributed by atoms with van der Waals surface area (Å²) in [6.07, 6.45) is -2.04. The van der Waals surface area contributed by atoms with Crippen molar-refractivity contribution >= 4 is 29.2 Å². The van der Waals surface area contributed by atoms with E-state index >= 15 is 0 Å². The number of aliphatic hydroxyl groups is 3. The quantitative estimate of drug-likeness (QED) is 0.241. The van der Waals surface area contributed by atoms with Crippen LogP contribution in [0.2, 0.25) is 0 Å². The zero-order valence-corrected chi connectivity index (χ0v) is 12.7. The van der Waals surface area contributed by atoms with Gasteiger partial charge in [0.25, 0.3) is 5.91 Å². The highest BCUT2D eigenvalue weighted by atomic mass is 16.6. The average Bonchev–Trinajstić information content (AvgIpc) is 3.12. The molecule has 0 aromatic carbocycles. The fraction of sp³-hybridized carbons (Fsp3) is 0.385. The molecule has 0 unspecified atom stereocenters. The van der Waals surface area contributed by atoms with Crippen LogP contribution in [0.25, 0.3) is 11.0 Å². The number of rotatable bonds is 5. The first kappa shape index (κ1) is 17.0. The van der Waals surface area contributed by atoms with Crippen molar-refractivity contribution in [3.63, 3.8) is 0 Å². The minimum Gasteiger partial charge on any atom is -0.394 e. The molecule has 134 valence electrons. The first-order valence-corrected chi connectivity index (χ1v) is 7.22. The Kier molecular flexibility index (Phi) is 4.50. The molecule has 0 radical (unpaired) electrons. The largest absolute Gasteiger partial charge is 0.394 e. The number of amides is 2. The molecule has 2 amide bonds. The SMILES string of the molecule is Nc1ncnc2c1c(C(=O)NNC=O)cn2[C@@H]1O[C@H](CO)[C@@H](O)[C@H]1O. The summed E-state index contributed by atoms with van der Waals surface area (Å²) in [5.41, 5.74) is 10.2. The molecule has 0 spiro atoms. The summed E-state index contributed by atoms with van der Waals surface area (Å²) in [6.45, 7) is -0.498. The summed E-state index contributed by atoms with van der Waals surface area (Å²) in [5.74, 6) is -0.684. The van der Waals surface area contributed by atoms with E-state index in [1.165, 1.54) is 17.1 Å². The van der Waals surface area contributed by atoms with Crippen LogP contribution in [0.4, 0.5) is 5.82 Å². The number of nitrogens with two attached hydrogens (primary N) is 1. The molecule has 1 aliphatic heterocycles. The lowest BCUT2D eigenvalue weighted by Gasteiger charge is -2.17. The van der Waals surface area contributed by atoms with Crippen molar-refractivity contribution in [2.45, 2.75) is 24.5 Å². The number of nitrogens with zero attached hydrogens (tertiary/aromatic N) is 3. The van der Waals surface area contributed by atoms with Gasteiger partial charge in [-0.15, -0.1) is 0 Å². The molecule has 2 aromatic heterocycles. The van der Waals surface area contributed by atoms with E-state index in [2.05, 4.69) is 15.4 Å². The number of hydrogen-bond donors (Lipinski definition) is 6. The van der Waals surface area contributed by atoms with Gasteiger partial charge in [-0.2, -0.15) is 0 Å². The highest BCUT2D eigenvalue weighted by Crippen LogP contribution is 2.34. The van der Waals surface area contributed by atoms with E-state index in [0.717, 1.165) is 0 Å². The van der Waals surface area contributed by atoms with Crippen LogP contribution in [0.1, 0.15) is 16.6 Å². The lowest BCUT2D eigenvalue weighted by molar-refractivity contribution is -0.110. The zero-order valence-electron chi connectivity index (χ0n) is 12.7. The number of aromatic nitrogens is 3. The summed E-state index contributed by atoms with van der Waals surface area (Å²) in [7, 11) is 0. The second kappa shape index (κ2) is 6.60. The fourth-order valence-corrected chi connectivity index (χ4v) is 2.75. The minimum atomic E-state index is -1.37. The van der Waals surface area contributed by atoms with Gasteiger partial charge in [0, 0.05) is 6.20 Å². The molecule has 12 heteroatoms. The van der Waals surface area contributed by atoms with Crippen molar-refractivity contribution in [3.05, 3.63) is 18.1 Å². The number of carbonyl (C=O) groups is 2. The summed E-state index contributed by atoms with van der Waals surface area (Å²) < 4.78 is 6.76. The number of hydrazine groups is 1. The number of hydrogen-bond acceptors (Lipinski definition) is 9. The Labute approximate surface area is 140 Å². The van der Waals surface area contributed by atoms with Crippen LogP contribution >= 0.6 is 0 Å². The van der Waals surface area contributed by atoms with Crippen molar-refractivity contribution in [1.29, 1.82) is 0 Å². The van der Waals surface area contributed by atoms with E-state index < -0.39 is 37.1 Å². The van der Waals surface area contributed by atoms with Gasteiger partial charge >= 0.3 is 0 Å². The molecule has 1 saturated heterocycles. The molecule has 3 heterocycles. The number of aliphatic hydroxyl groups excluding tert-OH is 3. The average molecular weight is 352 g/mol. The zero-order chi connectivity index (χ0) is 18.1. The van der Waals surface area contributed by atoms with Crippen LogP contribution in [0.3, 0.4) is 0 Å². The van der Waals surface area contributed by atoms with Crippen LogP contribution in [-0.4, -0.2) is 67.1 Å². The van der Waals surface area contributed by atoms with E-state index in [1.54, 1.807) is 0 Å². The number of anilines is 1. The van der Waals surface area contributed by atoms with Gasteiger partial charge in [0.1, 0.15) is 36.1 Å². The summed E-state index contributed by atoms with van der Waals surface area (Å²) in [6, 6.07) is 0. The van der Waals surface area contributed by atoms with Crippen LogP contribution in [0, 0.1) is 0 Å². The second-order valence-electron chi connectivity index (χ2n) is 5.35. The van der Waals surface area contributed by atoms with Crippen LogP contribution in [0.5, 0.6) is 0 Å². The number of fused-ring (bicyclic) bond motifs is 1. The predicted octanol–water partition coefficient (Wildman–Crippen LogP) is -2.98. The van der Waals surface area contributed by atoms with Gasteiger partial charge in [-0.1, -0.05) is 0 Å². The maximum Gasteiger partial charge on any atom is 0.272 e. The van der Waals surface area contributed by atoms with Crippen molar-refractivity contribution in [2.24, 2.45) is 0 Å². The minimum absolute atomic E-state index is 0.00625. The topological polar surface area (TPSA) is 185 Å². The Morgan fingerprint density at radius 3 is 2.80 bits per heavy atom. The van der Waals surface area contributed by atoms with Crippen molar-refractivity contribution in [2.75, 3.05) is 12.3 Å². The van der Waals surface area contributed by atoms with E-state index in [4.69, 9.17) is 10.5 Å². The third-order valence-electron chi connectivity index (χ3n) is 3.92. The molecule has 0 bridgehead atoms. The fourth-order valence-electron chi connectivity index (χ4n) is 2.75. The van der Waals surface area contributed by atoms with Crippen molar-refractivity contribution in [3.8, 4) is 0 Å². The summed E-state index contributed by atoms with van der Waals surface area (Å²) in [4.78, 5) is 30.4. The smallest absolute Gasteiger partial charge is 0.272 e. The number of ether oxygens (including phenoxy) is 1. The van der Waals surface area contributed by atoms with Gasteiger partial charge in [0.15, 0.2) is 6.23 Å². The Balaban J connectivity index is 2.09. The second-order valence-corrected chi connectivity index (χ2v) is 5.35. The summed E-state index contributed by atoms with van der Waals surface area (Å²) in [5, 5.41) is 29.5. The number of nitrogen functional groups attached to an aromatic ring is 1.